The maximum Gasteiger partial charge on any atom is 0.337 e. The summed E-state index contributed by atoms with van der Waals surface area (Å²) in [6.45, 7) is 0.757. The van der Waals surface area contributed by atoms with Crippen LogP contribution >= 0.6 is 0 Å². The molecule has 1 amide bonds. The molecule has 1 atom stereocenters. The minimum Gasteiger partial charge on any atom is -0.467 e. The van der Waals surface area contributed by atoms with Gasteiger partial charge >= 0.3 is 11.9 Å². The zero-order valence-electron chi connectivity index (χ0n) is 14.3. The Kier molecular flexibility index (Phi) is 5.36. The van der Waals surface area contributed by atoms with E-state index < -0.39 is 17.9 Å². The largest absolute Gasteiger partial charge is 0.467 e. The lowest BCUT2D eigenvalue weighted by atomic mass is 10.1. The van der Waals surface area contributed by atoms with E-state index in [9.17, 15) is 14.4 Å². The maximum atomic E-state index is 12.2. The summed E-state index contributed by atoms with van der Waals surface area (Å²) in [6.07, 6.45) is 1.69. The van der Waals surface area contributed by atoms with Gasteiger partial charge in [-0.25, -0.2) is 4.79 Å². The lowest BCUT2D eigenvalue weighted by molar-refractivity contribution is -0.149. The predicted molar refractivity (Wildman–Crippen MR) is 89.8 cm³/mol. The normalized spacial score (nSPS) is 16.6. The van der Waals surface area contributed by atoms with Gasteiger partial charge in [-0.15, -0.1) is 0 Å². The van der Waals surface area contributed by atoms with Crippen LogP contribution in [0.25, 0.3) is 0 Å². The zero-order chi connectivity index (χ0) is 18.5. The first kappa shape index (κ1) is 17.7. The third-order valence-corrected chi connectivity index (χ3v) is 4.23. The molecule has 0 bridgehead atoms. The molecule has 1 aliphatic rings. The number of hydrogen-bond acceptors (Lipinski definition) is 6. The standard InChI is InChI=1S/C19H19NO6/c1-24-18(22)14-6-4-13(5-7-14)12-26-19(23)15-9-17(21)20(10-15)11-16-3-2-8-25-16/h2-8,15H,9-12H2,1H3/t15-/m1/s1. The minimum atomic E-state index is -0.480. The summed E-state index contributed by atoms with van der Waals surface area (Å²) in [6, 6.07) is 10.2. The number of methoxy groups -OCH3 is 1. The number of amides is 1. The third kappa shape index (κ3) is 4.11. The quantitative estimate of drug-likeness (QED) is 0.737. The fraction of sp³-hybridized carbons (Fsp3) is 0.316. The van der Waals surface area contributed by atoms with Gasteiger partial charge in [0, 0.05) is 13.0 Å². The molecule has 26 heavy (non-hydrogen) atoms. The number of benzene rings is 1. The molecular weight excluding hydrogens is 338 g/mol. The van der Waals surface area contributed by atoms with Gasteiger partial charge < -0.3 is 18.8 Å². The van der Waals surface area contributed by atoms with Crippen LogP contribution in [-0.4, -0.2) is 36.4 Å². The first-order valence-corrected chi connectivity index (χ1v) is 8.21. The fourth-order valence-corrected chi connectivity index (χ4v) is 2.80. The first-order valence-electron chi connectivity index (χ1n) is 8.21. The monoisotopic (exact) mass is 357 g/mol. The lowest BCUT2D eigenvalue weighted by Crippen LogP contribution is -2.26. The van der Waals surface area contributed by atoms with Crippen LogP contribution in [0.5, 0.6) is 0 Å². The van der Waals surface area contributed by atoms with E-state index in [0.717, 1.165) is 5.56 Å². The van der Waals surface area contributed by atoms with Crippen LogP contribution in [0.15, 0.2) is 47.1 Å². The van der Waals surface area contributed by atoms with Gasteiger partial charge in [0.05, 0.1) is 31.4 Å². The summed E-state index contributed by atoms with van der Waals surface area (Å²) < 4.78 is 15.2. The number of furan rings is 1. The number of carbonyl (C=O) groups excluding carboxylic acids is 3. The van der Waals surface area contributed by atoms with E-state index in [2.05, 4.69) is 4.74 Å². The molecule has 2 heterocycles. The minimum absolute atomic E-state index is 0.0865. The number of likely N-dealkylation sites (tertiary alicyclic amines) is 1. The summed E-state index contributed by atoms with van der Waals surface area (Å²) >= 11 is 0. The van der Waals surface area contributed by atoms with E-state index >= 15 is 0 Å². The Morgan fingerprint density at radius 1 is 1.23 bits per heavy atom. The Labute approximate surface area is 150 Å². The van der Waals surface area contributed by atoms with Crippen molar-refractivity contribution in [1.82, 2.24) is 4.90 Å². The molecule has 0 spiro atoms. The van der Waals surface area contributed by atoms with Gasteiger partial charge in [0.25, 0.3) is 0 Å². The number of nitrogens with zero attached hydrogens (tertiary/aromatic N) is 1. The Hall–Kier alpha value is -3.09. The van der Waals surface area contributed by atoms with Crippen molar-refractivity contribution in [3.8, 4) is 0 Å². The molecule has 0 saturated carbocycles. The SMILES string of the molecule is COC(=O)c1ccc(COC(=O)[C@@H]2CC(=O)N(Cc3ccco3)C2)cc1. The van der Waals surface area contributed by atoms with Gasteiger partial charge in [0.2, 0.25) is 5.91 Å². The van der Waals surface area contributed by atoms with Gasteiger partial charge in [-0.05, 0) is 29.8 Å². The Morgan fingerprint density at radius 3 is 2.65 bits per heavy atom. The van der Waals surface area contributed by atoms with Crippen molar-refractivity contribution in [3.05, 3.63) is 59.5 Å². The van der Waals surface area contributed by atoms with Crippen LogP contribution < -0.4 is 0 Å². The Morgan fingerprint density at radius 2 is 2.00 bits per heavy atom. The van der Waals surface area contributed by atoms with E-state index in [1.54, 1.807) is 47.6 Å². The average molecular weight is 357 g/mol. The molecule has 1 aliphatic heterocycles. The second-order valence-electron chi connectivity index (χ2n) is 6.05. The van der Waals surface area contributed by atoms with Crippen LogP contribution in [0.4, 0.5) is 0 Å². The van der Waals surface area contributed by atoms with E-state index in [1.165, 1.54) is 7.11 Å². The molecule has 0 unspecified atom stereocenters. The zero-order valence-corrected chi connectivity index (χ0v) is 14.3. The van der Waals surface area contributed by atoms with E-state index in [1.807, 2.05) is 0 Å². The van der Waals surface area contributed by atoms with Crippen LogP contribution in [-0.2, 0) is 32.2 Å². The second kappa shape index (κ2) is 7.86. The average Bonchev–Trinajstić information content (AvgIpc) is 3.30. The van der Waals surface area contributed by atoms with Gasteiger partial charge in [0.1, 0.15) is 12.4 Å². The van der Waals surface area contributed by atoms with Crippen molar-refractivity contribution in [3.63, 3.8) is 0 Å². The molecule has 7 heteroatoms. The van der Waals surface area contributed by atoms with Crippen molar-refractivity contribution in [2.45, 2.75) is 19.6 Å². The molecule has 7 nitrogen and oxygen atoms in total. The summed E-state index contributed by atoms with van der Waals surface area (Å²) in [5.74, 6) is -0.720. The highest BCUT2D eigenvalue weighted by atomic mass is 16.5. The van der Waals surface area contributed by atoms with Crippen LogP contribution in [0.1, 0.15) is 28.1 Å². The highest BCUT2D eigenvalue weighted by molar-refractivity contribution is 5.89. The van der Waals surface area contributed by atoms with Crippen molar-refractivity contribution >= 4 is 17.8 Å². The molecular formula is C19H19NO6. The van der Waals surface area contributed by atoms with Gasteiger partial charge in [-0.1, -0.05) is 12.1 Å². The highest BCUT2D eigenvalue weighted by Gasteiger charge is 2.35. The summed E-state index contributed by atoms with van der Waals surface area (Å²) in [7, 11) is 1.32. The predicted octanol–water partition coefficient (Wildman–Crippen LogP) is 2.16. The molecule has 1 aromatic heterocycles. The van der Waals surface area contributed by atoms with Crippen molar-refractivity contribution < 1.29 is 28.3 Å². The molecule has 0 radical (unpaired) electrons. The van der Waals surface area contributed by atoms with Crippen molar-refractivity contribution in [2.75, 3.05) is 13.7 Å². The van der Waals surface area contributed by atoms with Gasteiger partial charge in [0.15, 0.2) is 0 Å². The molecule has 2 aromatic rings. The molecule has 3 rings (SSSR count). The van der Waals surface area contributed by atoms with Gasteiger partial charge in [-0.3, -0.25) is 9.59 Å². The lowest BCUT2D eigenvalue weighted by Gasteiger charge is -2.14. The third-order valence-electron chi connectivity index (χ3n) is 4.23. The summed E-state index contributed by atoms with van der Waals surface area (Å²) in [5, 5.41) is 0. The molecule has 1 saturated heterocycles. The number of ether oxygens (including phenoxy) is 2. The topological polar surface area (TPSA) is 86.0 Å². The molecule has 136 valence electrons. The Bertz CT molecular complexity index is 781. The maximum absolute atomic E-state index is 12.2. The number of esters is 2. The number of rotatable bonds is 6. The fourth-order valence-electron chi connectivity index (χ4n) is 2.80. The molecule has 0 aliphatic carbocycles. The molecule has 0 N–H and O–H groups in total. The summed E-state index contributed by atoms with van der Waals surface area (Å²) in [4.78, 5) is 37.3. The first-order chi connectivity index (χ1) is 12.6. The molecule has 1 fully saturated rings. The van der Waals surface area contributed by atoms with Gasteiger partial charge in [-0.2, -0.15) is 0 Å². The van der Waals surface area contributed by atoms with E-state index in [0.29, 0.717) is 24.4 Å². The second-order valence-corrected chi connectivity index (χ2v) is 6.05. The van der Waals surface area contributed by atoms with Crippen LogP contribution in [0.3, 0.4) is 0 Å². The van der Waals surface area contributed by atoms with E-state index in [-0.39, 0.29) is 18.9 Å². The number of carbonyl (C=O) groups is 3. The van der Waals surface area contributed by atoms with Crippen LogP contribution in [0.2, 0.25) is 0 Å². The molecule has 1 aromatic carbocycles. The van der Waals surface area contributed by atoms with E-state index in [4.69, 9.17) is 9.15 Å². The number of hydrogen-bond donors (Lipinski definition) is 0. The van der Waals surface area contributed by atoms with Crippen molar-refractivity contribution in [1.29, 1.82) is 0 Å². The summed E-state index contributed by atoms with van der Waals surface area (Å²) in [5.41, 5.74) is 1.18. The van der Waals surface area contributed by atoms with Crippen molar-refractivity contribution in [2.24, 2.45) is 5.92 Å². The van der Waals surface area contributed by atoms with Crippen LogP contribution in [0, 0.1) is 5.92 Å². The highest BCUT2D eigenvalue weighted by Crippen LogP contribution is 2.22. The Balaban J connectivity index is 1.50. The smallest absolute Gasteiger partial charge is 0.337 e.